The van der Waals surface area contributed by atoms with E-state index in [1.54, 1.807) is 11.9 Å². The van der Waals surface area contributed by atoms with Crippen molar-refractivity contribution in [2.75, 3.05) is 20.1 Å². The predicted octanol–water partition coefficient (Wildman–Crippen LogP) is 1.44. The standard InChI is InChI=1S/C14H18N2O3/c1-15-12(9-13(17)18)10-16(14(15)19)8-7-11-5-3-2-4-6-11/h2-6,12H,7-10H2,1H3,(H,17,18). The van der Waals surface area contributed by atoms with Crippen LogP contribution in [0.4, 0.5) is 4.79 Å². The zero-order chi connectivity index (χ0) is 13.8. The number of carbonyl (C=O) groups is 2. The van der Waals surface area contributed by atoms with Crippen LogP contribution in [-0.4, -0.2) is 53.1 Å². The van der Waals surface area contributed by atoms with E-state index in [2.05, 4.69) is 0 Å². The molecule has 1 saturated heterocycles. The van der Waals surface area contributed by atoms with Crippen LogP contribution in [0.15, 0.2) is 30.3 Å². The summed E-state index contributed by atoms with van der Waals surface area (Å²) in [4.78, 5) is 26.0. The van der Waals surface area contributed by atoms with Gasteiger partial charge in [0.15, 0.2) is 0 Å². The van der Waals surface area contributed by atoms with Gasteiger partial charge in [-0.05, 0) is 12.0 Å². The third kappa shape index (κ3) is 3.24. The SMILES string of the molecule is CN1C(=O)N(CCc2ccccc2)CC1CC(=O)O. The minimum absolute atomic E-state index is 0.00404. The summed E-state index contributed by atoms with van der Waals surface area (Å²) in [5, 5.41) is 8.82. The van der Waals surface area contributed by atoms with Crippen LogP contribution in [0.1, 0.15) is 12.0 Å². The summed E-state index contributed by atoms with van der Waals surface area (Å²) < 4.78 is 0. The van der Waals surface area contributed by atoms with Crippen molar-refractivity contribution in [2.45, 2.75) is 18.9 Å². The lowest BCUT2D eigenvalue weighted by Crippen LogP contribution is -2.32. The van der Waals surface area contributed by atoms with E-state index < -0.39 is 5.97 Å². The van der Waals surface area contributed by atoms with Gasteiger partial charge in [0.1, 0.15) is 0 Å². The smallest absolute Gasteiger partial charge is 0.320 e. The summed E-state index contributed by atoms with van der Waals surface area (Å²) in [7, 11) is 1.67. The van der Waals surface area contributed by atoms with Crippen molar-refractivity contribution in [3.05, 3.63) is 35.9 Å². The van der Waals surface area contributed by atoms with Crippen LogP contribution in [-0.2, 0) is 11.2 Å². The van der Waals surface area contributed by atoms with Gasteiger partial charge in [-0.25, -0.2) is 4.79 Å². The van der Waals surface area contributed by atoms with Gasteiger partial charge in [-0.1, -0.05) is 30.3 Å². The van der Waals surface area contributed by atoms with E-state index in [-0.39, 0.29) is 18.5 Å². The van der Waals surface area contributed by atoms with Crippen LogP contribution in [0.25, 0.3) is 0 Å². The van der Waals surface area contributed by atoms with Crippen LogP contribution in [0.2, 0.25) is 0 Å². The zero-order valence-electron chi connectivity index (χ0n) is 11.0. The lowest BCUT2D eigenvalue weighted by Gasteiger charge is -2.16. The number of benzene rings is 1. The van der Waals surface area contributed by atoms with Crippen LogP contribution >= 0.6 is 0 Å². The van der Waals surface area contributed by atoms with Gasteiger partial charge in [-0.3, -0.25) is 4.79 Å². The molecule has 0 radical (unpaired) electrons. The summed E-state index contributed by atoms with van der Waals surface area (Å²) in [6.07, 6.45) is 0.796. The second kappa shape index (κ2) is 5.73. The minimum atomic E-state index is -0.866. The first kappa shape index (κ1) is 13.4. The van der Waals surface area contributed by atoms with E-state index in [4.69, 9.17) is 5.11 Å². The molecule has 5 heteroatoms. The zero-order valence-corrected chi connectivity index (χ0v) is 11.0. The Hall–Kier alpha value is -2.04. The van der Waals surface area contributed by atoms with E-state index in [0.717, 1.165) is 6.42 Å². The molecule has 1 unspecified atom stereocenters. The Bertz CT molecular complexity index is 461. The second-order valence-electron chi connectivity index (χ2n) is 4.83. The molecule has 5 nitrogen and oxygen atoms in total. The summed E-state index contributed by atoms with van der Waals surface area (Å²) in [5.74, 6) is -0.866. The van der Waals surface area contributed by atoms with Crippen LogP contribution in [0, 0.1) is 0 Å². The summed E-state index contributed by atoms with van der Waals surface area (Å²) in [5.41, 5.74) is 1.18. The molecule has 2 rings (SSSR count). The lowest BCUT2D eigenvalue weighted by atomic mass is 10.1. The molecule has 102 valence electrons. The number of aliphatic carboxylic acids is 1. The van der Waals surface area contributed by atoms with Crippen molar-refractivity contribution in [3.8, 4) is 0 Å². The molecule has 0 bridgehead atoms. The molecule has 1 fully saturated rings. The van der Waals surface area contributed by atoms with Crippen LogP contribution in [0.5, 0.6) is 0 Å². The first-order chi connectivity index (χ1) is 9.08. The molecule has 1 aromatic rings. The number of likely N-dealkylation sites (N-methyl/N-ethyl adjacent to an activating group) is 1. The lowest BCUT2D eigenvalue weighted by molar-refractivity contribution is -0.137. The molecule has 1 N–H and O–H groups in total. The molecule has 0 saturated carbocycles. The van der Waals surface area contributed by atoms with Crippen molar-refractivity contribution < 1.29 is 14.7 Å². The van der Waals surface area contributed by atoms with E-state index in [1.165, 1.54) is 10.5 Å². The van der Waals surface area contributed by atoms with E-state index in [0.29, 0.717) is 13.1 Å². The Labute approximate surface area is 112 Å². The number of amides is 2. The maximum atomic E-state index is 12.0. The quantitative estimate of drug-likeness (QED) is 0.873. The molecule has 0 aliphatic carbocycles. The topological polar surface area (TPSA) is 60.9 Å². The van der Waals surface area contributed by atoms with E-state index in [1.807, 2.05) is 30.3 Å². The highest BCUT2D eigenvalue weighted by molar-refractivity contribution is 5.78. The van der Waals surface area contributed by atoms with Gasteiger partial charge in [-0.15, -0.1) is 0 Å². The Morgan fingerprint density at radius 3 is 2.68 bits per heavy atom. The average molecular weight is 262 g/mol. The van der Waals surface area contributed by atoms with Gasteiger partial charge in [0.2, 0.25) is 0 Å². The molecule has 1 heterocycles. The molecular weight excluding hydrogens is 244 g/mol. The van der Waals surface area contributed by atoms with Gasteiger partial charge < -0.3 is 14.9 Å². The largest absolute Gasteiger partial charge is 0.481 e. The van der Waals surface area contributed by atoms with Crippen LogP contribution < -0.4 is 0 Å². The maximum absolute atomic E-state index is 12.0. The number of nitrogens with zero attached hydrogens (tertiary/aromatic N) is 2. The molecule has 1 atom stereocenters. The Balaban J connectivity index is 1.91. The molecule has 1 aliphatic rings. The van der Waals surface area contributed by atoms with Crippen molar-refractivity contribution in [2.24, 2.45) is 0 Å². The monoisotopic (exact) mass is 262 g/mol. The van der Waals surface area contributed by atoms with Crippen molar-refractivity contribution in [3.63, 3.8) is 0 Å². The van der Waals surface area contributed by atoms with Gasteiger partial charge in [0.25, 0.3) is 0 Å². The number of carboxylic acid groups (broad SMARTS) is 1. The number of hydrogen-bond donors (Lipinski definition) is 1. The molecular formula is C14H18N2O3. The highest BCUT2D eigenvalue weighted by Crippen LogP contribution is 2.17. The minimum Gasteiger partial charge on any atom is -0.481 e. The fourth-order valence-corrected chi connectivity index (χ4v) is 2.33. The number of carbonyl (C=O) groups excluding carboxylic acids is 1. The Morgan fingerprint density at radius 2 is 2.05 bits per heavy atom. The van der Waals surface area contributed by atoms with E-state index in [9.17, 15) is 9.59 Å². The summed E-state index contributed by atoms with van der Waals surface area (Å²) >= 11 is 0. The third-order valence-corrected chi connectivity index (χ3v) is 3.47. The van der Waals surface area contributed by atoms with Gasteiger partial charge in [0, 0.05) is 20.1 Å². The molecule has 1 aliphatic heterocycles. The normalized spacial score (nSPS) is 19.0. The first-order valence-corrected chi connectivity index (χ1v) is 6.35. The summed E-state index contributed by atoms with van der Waals surface area (Å²) in [6.45, 7) is 1.12. The molecule has 0 spiro atoms. The first-order valence-electron chi connectivity index (χ1n) is 6.35. The fourth-order valence-electron chi connectivity index (χ4n) is 2.33. The fraction of sp³-hybridized carbons (Fsp3) is 0.429. The van der Waals surface area contributed by atoms with Gasteiger partial charge in [-0.2, -0.15) is 0 Å². The van der Waals surface area contributed by atoms with Gasteiger partial charge in [0.05, 0.1) is 12.5 Å². The summed E-state index contributed by atoms with van der Waals surface area (Å²) in [6, 6.07) is 9.66. The van der Waals surface area contributed by atoms with Crippen LogP contribution in [0.3, 0.4) is 0 Å². The number of urea groups is 1. The molecule has 1 aromatic carbocycles. The average Bonchev–Trinajstić information content (AvgIpc) is 2.65. The van der Waals surface area contributed by atoms with Crippen molar-refractivity contribution in [1.82, 2.24) is 9.80 Å². The molecule has 0 aromatic heterocycles. The Morgan fingerprint density at radius 1 is 1.37 bits per heavy atom. The van der Waals surface area contributed by atoms with Gasteiger partial charge >= 0.3 is 12.0 Å². The van der Waals surface area contributed by atoms with E-state index >= 15 is 0 Å². The maximum Gasteiger partial charge on any atom is 0.320 e. The third-order valence-electron chi connectivity index (χ3n) is 3.47. The highest BCUT2D eigenvalue weighted by Gasteiger charge is 2.35. The molecule has 2 amide bonds. The van der Waals surface area contributed by atoms with Crippen molar-refractivity contribution >= 4 is 12.0 Å². The molecule has 19 heavy (non-hydrogen) atoms. The second-order valence-corrected chi connectivity index (χ2v) is 4.83. The highest BCUT2D eigenvalue weighted by atomic mass is 16.4. The number of carboxylic acids is 1. The number of rotatable bonds is 5. The van der Waals surface area contributed by atoms with Crippen molar-refractivity contribution in [1.29, 1.82) is 0 Å². The Kier molecular flexibility index (Phi) is 4.04. The predicted molar refractivity (Wildman–Crippen MR) is 70.9 cm³/mol. The number of hydrogen-bond acceptors (Lipinski definition) is 2.